The van der Waals surface area contributed by atoms with Crippen LogP contribution in [0.25, 0.3) is 10.9 Å². The first-order valence-corrected chi connectivity index (χ1v) is 6.69. The minimum absolute atomic E-state index is 0.0591. The van der Waals surface area contributed by atoms with Gasteiger partial charge >= 0.3 is 12.1 Å². The number of pyridine rings is 1. The third kappa shape index (κ3) is 2.90. The summed E-state index contributed by atoms with van der Waals surface area (Å²) in [5, 5.41) is 9.56. The molecule has 0 amide bonds. The number of alkyl halides is 3. The Bertz CT molecular complexity index is 870. The number of carbonyl (C=O) groups is 1. The van der Waals surface area contributed by atoms with Gasteiger partial charge in [0.05, 0.1) is 5.56 Å². The molecule has 0 bridgehead atoms. The Balaban J connectivity index is 2.15. The van der Waals surface area contributed by atoms with E-state index in [9.17, 15) is 23.1 Å². The molecule has 0 aliphatic rings. The molecular weight excluding hydrogens is 309 g/mol. The van der Waals surface area contributed by atoms with Crippen LogP contribution in [-0.2, 0) is 12.7 Å². The summed E-state index contributed by atoms with van der Waals surface area (Å²) >= 11 is 0. The van der Waals surface area contributed by atoms with Crippen LogP contribution in [0.1, 0.15) is 21.6 Å². The van der Waals surface area contributed by atoms with Gasteiger partial charge in [-0.15, -0.1) is 0 Å². The number of carboxylic acids is 1. The number of aromatic nitrogens is 2. The highest BCUT2D eigenvalue weighted by Crippen LogP contribution is 2.32. The molecule has 4 nitrogen and oxygen atoms in total. The van der Waals surface area contributed by atoms with Crippen LogP contribution in [0.3, 0.4) is 0 Å². The van der Waals surface area contributed by atoms with Crippen LogP contribution in [0.2, 0.25) is 0 Å². The Morgan fingerprint density at radius 3 is 2.43 bits per heavy atom. The summed E-state index contributed by atoms with van der Waals surface area (Å²) in [6, 6.07) is 7.92. The highest BCUT2D eigenvalue weighted by Gasteiger charge is 2.31. The van der Waals surface area contributed by atoms with E-state index in [0.29, 0.717) is 5.52 Å². The van der Waals surface area contributed by atoms with Crippen molar-refractivity contribution in [1.82, 2.24) is 9.55 Å². The second kappa shape index (κ2) is 5.42. The summed E-state index contributed by atoms with van der Waals surface area (Å²) in [7, 11) is 0. The fourth-order valence-corrected chi connectivity index (χ4v) is 2.47. The number of aromatic carboxylic acids is 1. The first kappa shape index (κ1) is 15.1. The number of rotatable bonds is 3. The summed E-state index contributed by atoms with van der Waals surface area (Å²) < 4.78 is 39.9. The monoisotopic (exact) mass is 320 g/mol. The van der Waals surface area contributed by atoms with Gasteiger partial charge in [-0.2, -0.15) is 13.2 Å². The molecule has 2 aromatic heterocycles. The lowest BCUT2D eigenvalue weighted by molar-refractivity contribution is -0.137. The maximum atomic E-state index is 12.8. The Morgan fingerprint density at radius 1 is 1.13 bits per heavy atom. The van der Waals surface area contributed by atoms with E-state index in [4.69, 9.17) is 0 Å². The van der Waals surface area contributed by atoms with E-state index in [1.807, 2.05) is 0 Å². The molecule has 7 heteroatoms. The average molecular weight is 320 g/mol. The minimum atomic E-state index is -4.47. The number of carboxylic acid groups (broad SMARTS) is 1. The molecule has 1 N–H and O–H groups in total. The predicted molar refractivity (Wildman–Crippen MR) is 77.2 cm³/mol. The largest absolute Gasteiger partial charge is 0.477 e. The SMILES string of the molecule is O=C(O)c1cc2cc(C(F)(F)F)ccc2n1Cc1ccncc1. The Morgan fingerprint density at radius 2 is 1.83 bits per heavy atom. The number of nitrogens with zero attached hydrogens (tertiary/aromatic N) is 2. The third-order valence-electron chi connectivity index (χ3n) is 3.54. The number of benzene rings is 1. The maximum absolute atomic E-state index is 12.8. The van der Waals surface area contributed by atoms with Crippen molar-refractivity contribution in [3.8, 4) is 0 Å². The first-order valence-electron chi connectivity index (χ1n) is 6.69. The van der Waals surface area contributed by atoms with E-state index in [0.717, 1.165) is 17.7 Å². The molecule has 2 heterocycles. The molecule has 3 rings (SSSR count). The maximum Gasteiger partial charge on any atom is 0.416 e. The van der Waals surface area contributed by atoms with Crippen molar-refractivity contribution in [2.24, 2.45) is 0 Å². The van der Waals surface area contributed by atoms with E-state index < -0.39 is 17.7 Å². The molecule has 0 atom stereocenters. The van der Waals surface area contributed by atoms with Crippen molar-refractivity contribution < 1.29 is 23.1 Å². The molecule has 1 aromatic carbocycles. The molecule has 23 heavy (non-hydrogen) atoms. The number of halogens is 3. The fourth-order valence-electron chi connectivity index (χ4n) is 2.47. The molecule has 0 saturated carbocycles. The van der Waals surface area contributed by atoms with Gasteiger partial charge in [0.15, 0.2) is 0 Å². The number of hydrogen-bond donors (Lipinski definition) is 1. The molecule has 0 unspecified atom stereocenters. The molecule has 0 radical (unpaired) electrons. The van der Waals surface area contributed by atoms with Crippen molar-refractivity contribution in [3.63, 3.8) is 0 Å². The van der Waals surface area contributed by atoms with Gasteiger partial charge in [0.1, 0.15) is 5.69 Å². The van der Waals surface area contributed by atoms with E-state index in [1.165, 1.54) is 16.7 Å². The second-order valence-corrected chi connectivity index (χ2v) is 5.05. The lowest BCUT2D eigenvalue weighted by Crippen LogP contribution is -2.09. The van der Waals surface area contributed by atoms with Gasteiger partial charge in [-0.25, -0.2) is 4.79 Å². The van der Waals surface area contributed by atoms with Crippen molar-refractivity contribution in [1.29, 1.82) is 0 Å². The highest BCUT2D eigenvalue weighted by molar-refractivity contribution is 5.95. The van der Waals surface area contributed by atoms with Crippen molar-refractivity contribution >= 4 is 16.9 Å². The Labute approximate surface area is 128 Å². The average Bonchev–Trinajstić information content (AvgIpc) is 2.86. The molecule has 3 aromatic rings. The molecule has 0 saturated heterocycles. The van der Waals surface area contributed by atoms with Gasteiger partial charge in [0.25, 0.3) is 0 Å². The number of hydrogen-bond acceptors (Lipinski definition) is 2. The van der Waals surface area contributed by atoms with Gasteiger partial charge in [0, 0.05) is 29.8 Å². The van der Waals surface area contributed by atoms with Gasteiger partial charge in [-0.05, 0) is 42.0 Å². The van der Waals surface area contributed by atoms with Crippen LogP contribution < -0.4 is 0 Å². The smallest absolute Gasteiger partial charge is 0.416 e. The van der Waals surface area contributed by atoms with Crippen molar-refractivity contribution in [3.05, 3.63) is 65.6 Å². The van der Waals surface area contributed by atoms with Crippen LogP contribution in [0.15, 0.2) is 48.8 Å². The summed E-state index contributed by atoms with van der Waals surface area (Å²) in [6.07, 6.45) is -1.32. The minimum Gasteiger partial charge on any atom is -0.477 e. The quantitative estimate of drug-likeness (QED) is 0.798. The lowest BCUT2D eigenvalue weighted by Gasteiger charge is -2.10. The zero-order valence-electron chi connectivity index (χ0n) is 11.7. The van der Waals surface area contributed by atoms with E-state index in [2.05, 4.69) is 4.98 Å². The fraction of sp³-hybridized carbons (Fsp3) is 0.125. The summed E-state index contributed by atoms with van der Waals surface area (Å²) in [5.74, 6) is -1.19. The van der Waals surface area contributed by atoms with Crippen LogP contribution in [0.5, 0.6) is 0 Å². The molecule has 118 valence electrons. The van der Waals surface area contributed by atoms with Gasteiger partial charge in [0.2, 0.25) is 0 Å². The highest BCUT2D eigenvalue weighted by atomic mass is 19.4. The molecule has 0 spiro atoms. The normalized spacial score (nSPS) is 11.8. The van der Waals surface area contributed by atoms with E-state index in [1.54, 1.807) is 24.5 Å². The van der Waals surface area contributed by atoms with Gasteiger partial charge < -0.3 is 9.67 Å². The lowest BCUT2D eigenvalue weighted by atomic mass is 10.1. The summed E-state index contributed by atoms with van der Waals surface area (Å²) in [4.78, 5) is 15.3. The molecule has 0 aliphatic carbocycles. The van der Waals surface area contributed by atoms with Crippen LogP contribution in [0.4, 0.5) is 13.2 Å². The van der Waals surface area contributed by atoms with Crippen molar-refractivity contribution in [2.45, 2.75) is 12.7 Å². The standard InChI is InChI=1S/C16H11F3N2O2/c17-16(18,19)12-1-2-13-11(7-12)8-14(15(22)23)21(13)9-10-3-5-20-6-4-10/h1-8H,9H2,(H,22,23). The zero-order chi connectivity index (χ0) is 16.6. The topological polar surface area (TPSA) is 55.1 Å². The van der Waals surface area contributed by atoms with Crippen molar-refractivity contribution in [2.75, 3.05) is 0 Å². The molecule has 0 fully saturated rings. The van der Waals surface area contributed by atoms with E-state index in [-0.39, 0.29) is 17.6 Å². The molecular formula is C16H11F3N2O2. The third-order valence-corrected chi connectivity index (χ3v) is 3.54. The Hall–Kier alpha value is -2.83. The van der Waals surface area contributed by atoms with Crippen LogP contribution in [0, 0.1) is 0 Å². The van der Waals surface area contributed by atoms with Crippen LogP contribution >= 0.6 is 0 Å². The predicted octanol–water partition coefficient (Wildman–Crippen LogP) is 3.80. The second-order valence-electron chi connectivity index (χ2n) is 5.05. The van der Waals surface area contributed by atoms with E-state index >= 15 is 0 Å². The summed E-state index contributed by atoms with van der Waals surface area (Å²) in [5.41, 5.74) is 0.381. The molecule has 0 aliphatic heterocycles. The van der Waals surface area contributed by atoms with Gasteiger partial charge in [-0.3, -0.25) is 4.98 Å². The first-order chi connectivity index (χ1) is 10.9. The zero-order valence-corrected chi connectivity index (χ0v) is 11.7. The number of fused-ring (bicyclic) bond motifs is 1. The van der Waals surface area contributed by atoms with Gasteiger partial charge in [-0.1, -0.05) is 0 Å². The van der Waals surface area contributed by atoms with Crippen LogP contribution in [-0.4, -0.2) is 20.6 Å². The Kier molecular flexibility index (Phi) is 3.55. The summed E-state index contributed by atoms with van der Waals surface area (Å²) in [6.45, 7) is 0.235.